The maximum absolute atomic E-state index is 13.0. The highest BCUT2D eigenvalue weighted by atomic mass is 16.4. The molecule has 1 rings (SSSR count). The topological polar surface area (TPSA) is 194 Å². The van der Waals surface area contributed by atoms with Gasteiger partial charge in [-0.1, -0.05) is 50.6 Å². The molecule has 0 heterocycles. The number of carbonyl (C=O) groups is 5. The van der Waals surface area contributed by atoms with Crippen molar-refractivity contribution in [1.29, 1.82) is 0 Å². The Bertz CT molecular complexity index is 816. The lowest BCUT2D eigenvalue weighted by Crippen LogP contribution is -2.58. The predicted octanol–water partition coefficient (Wildman–Crippen LogP) is -1.35. The van der Waals surface area contributed by atoms with E-state index >= 15 is 0 Å². The molecule has 4 atom stereocenters. The number of benzene rings is 1. The summed E-state index contributed by atoms with van der Waals surface area (Å²) >= 11 is 0. The molecule has 0 fully saturated rings. The largest absolute Gasteiger partial charge is 0.480 e. The zero-order valence-corrected chi connectivity index (χ0v) is 18.2. The van der Waals surface area contributed by atoms with Gasteiger partial charge in [0.05, 0.1) is 13.0 Å². The first kappa shape index (κ1) is 26.6. The SMILES string of the molecule is CCC(C)C(NC(=O)C(Cc1ccccc1)NC(=O)C(CC(N)=O)NC(=O)CN)C(=O)O. The number of aliphatic carboxylic acids is 1. The van der Waals surface area contributed by atoms with Crippen LogP contribution < -0.4 is 27.4 Å². The second-order valence-electron chi connectivity index (χ2n) is 7.46. The summed E-state index contributed by atoms with van der Waals surface area (Å²) < 4.78 is 0. The first-order valence-electron chi connectivity index (χ1n) is 10.2. The van der Waals surface area contributed by atoms with Gasteiger partial charge >= 0.3 is 5.97 Å². The summed E-state index contributed by atoms with van der Waals surface area (Å²) in [6, 6.07) is 5.12. The third kappa shape index (κ3) is 8.72. The van der Waals surface area contributed by atoms with Gasteiger partial charge in [-0.3, -0.25) is 19.2 Å². The normalized spacial score (nSPS) is 14.3. The highest BCUT2D eigenvalue weighted by Gasteiger charge is 2.32. The van der Waals surface area contributed by atoms with Crippen LogP contribution in [-0.2, 0) is 30.4 Å². The summed E-state index contributed by atoms with van der Waals surface area (Å²) in [5.41, 5.74) is 11.1. The lowest BCUT2D eigenvalue weighted by molar-refractivity contribution is -0.144. The molecule has 176 valence electrons. The molecule has 4 unspecified atom stereocenters. The molecule has 0 aliphatic rings. The zero-order chi connectivity index (χ0) is 24.3. The highest BCUT2D eigenvalue weighted by Crippen LogP contribution is 2.10. The van der Waals surface area contributed by atoms with E-state index in [4.69, 9.17) is 11.5 Å². The first-order valence-corrected chi connectivity index (χ1v) is 10.2. The van der Waals surface area contributed by atoms with Gasteiger partial charge in [-0.15, -0.1) is 0 Å². The third-order valence-corrected chi connectivity index (χ3v) is 4.93. The Morgan fingerprint density at radius 1 is 0.969 bits per heavy atom. The minimum Gasteiger partial charge on any atom is -0.480 e. The molecule has 0 aliphatic carbocycles. The molecule has 1 aromatic carbocycles. The Morgan fingerprint density at radius 3 is 2.06 bits per heavy atom. The first-order chi connectivity index (χ1) is 15.1. The lowest BCUT2D eigenvalue weighted by atomic mass is 9.98. The molecule has 32 heavy (non-hydrogen) atoms. The fraction of sp³-hybridized carbons (Fsp3) is 0.476. The Morgan fingerprint density at radius 2 is 1.56 bits per heavy atom. The lowest BCUT2D eigenvalue weighted by Gasteiger charge is -2.26. The fourth-order valence-electron chi connectivity index (χ4n) is 2.93. The van der Waals surface area contributed by atoms with E-state index in [1.807, 2.05) is 0 Å². The van der Waals surface area contributed by atoms with Crippen molar-refractivity contribution in [3.8, 4) is 0 Å². The van der Waals surface area contributed by atoms with Crippen LogP contribution in [0.15, 0.2) is 30.3 Å². The number of nitrogens with one attached hydrogen (secondary N) is 3. The van der Waals surface area contributed by atoms with Gasteiger partial charge in [-0.05, 0) is 11.5 Å². The standard InChI is InChI=1S/C21H31N5O6/c1-3-12(2)18(21(31)32)26-20(30)14(9-13-7-5-4-6-8-13)25-19(29)15(10-16(23)27)24-17(28)11-22/h4-8,12,14-15,18H,3,9-11,22H2,1-2H3,(H2,23,27)(H,24,28)(H,25,29)(H,26,30)(H,31,32). The van der Waals surface area contributed by atoms with Crippen molar-refractivity contribution in [3.63, 3.8) is 0 Å². The molecule has 0 bridgehead atoms. The summed E-state index contributed by atoms with van der Waals surface area (Å²) in [7, 11) is 0. The molecule has 0 spiro atoms. The Labute approximate surface area is 186 Å². The Kier molecular flexibility index (Phi) is 10.8. The van der Waals surface area contributed by atoms with Crippen LogP contribution in [0.4, 0.5) is 0 Å². The number of carboxylic acids is 1. The molecular weight excluding hydrogens is 418 g/mol. The van der Waals surface area contributed by atoms with Crippen molar-refractivity contribution in [3.05, 3.63) is 35.9 Å². The van der Waals surface area contributed by atoms with Gasteiger partial charge in [-0.2, -0.15) is 0 Å². The van der Waals surface area contributed by atoms with Crippen LogP contribution in [0.5, 0.6) is 0 Å². The average Bonchev–Trinajstić information content (AvgIpc) is 2.75. The van der Waals surface area contributed by atoms with Gasteiger partial charge in [0, 0.05) is 6.42 Å². The quantitative estimate of drug-likeness (QED) is 0.214. The zero-order valence-electron chi connectivity index (χ0n) is 18.2. The van der Waals surface area contributed by atoms with Crippen molar-refractivity contribution in [1.82, 2.24) is 16.0 Å². The highest BCUT2D eigenvalue weighted by molar-refractivity contribution is 5.95. The van der Waals surface area contributed by atoms with Gasteiger partial charge in [0.1, 0.15) is 18.1 Å². The van der Waals surface area contributed by atoms with Crippen molar-refractivity contribution in [2.24, 2.45) is 17.4 Å². The summed E-state index contributed by atoms with van der Waals surface area (Å²) in [6.45, 7) is 3.07. The number of primary amides is 1. The monoisotopic (exact) mass is 449 g/mol. The van der Waals surface area contributed by atoms with Crippen LogP contribution in [0.1, 0.15) is 32.3 Å². The van der Waals surface area contributed by atoms with E-state index in [1.54, 1.807) is 44.2 Å². The second kappa shape index (κ2) is 13.1. The maximum atomic E-state index is 13.0. The minimum absolute atomic E-state index is 0.0549. The maximum Gasteiger partial charge on any atom is 0.326 e. The molecule has 0 aromatic heterocycles. The van der Waals surface area contributed by atoms with Gasteiger partial charge in [0.2, 0.25) is 23.6 Å². The van der Waals surface area contributed by atoms with Gasteiger partial charge < -0.3 is 32.5 Å². The van der Waals surface area contributed by atoms with E-state index in [2.05, 4.69) is 16.0 Å². The number of carbonyl (C=O) groups excluding carboxylic acids is 4. The van der Waals surface area contributed by atoms with E-state index < -0.39 is 60.7 Å². The van der Waals surface area contributed by atoms with Crippen LogP contribution in [0.25, 0.3) is 0 Å². The molecule has 1 aromatic rings. The number of hydrogen-bond acceptors (Lipinski definition) is 6. The number of amides is 4. The molecule has 11 heteroatoms. The summed E-state index contributed by atoms with van der Waals surface area (Å²) in [5.74, 6) is -4.60. The van der Waals surface area contributed by atoms with Crippen LogP contribution in [0.3, 0.4) is 0 Å². The molecule has 4 amide bonds. The van der Waals surface area contributed by atoms with Crippen LogP contribution in [0.2, 0.25) is 0 Å². The molecule has 0 saturated carbocycles. The van der Waals surface area contributed by atoms with E-state index in [-0.39, 0.29) is 12.3 Å². The van der Waals surface area contributed by atoms with Crippen LogP contribution in [0, 0.1) is 5.92 Å². The molecule has 8 N–H and O–H groups in total. The van der Waals surface area contributed by atoms with E-state index in [0.717, 1.165) is 0 Å². The van der Waals surface area contributed by atoms with Gasteiger partial charge in [0.25, 0.3) is 0 Å². The molecule has 0 aliphatic heterocycles. The van der Waals surface area contributed by atoms with Crippen LogP contribution in [-0.4, -0.2) is 59.4 Å². The third-order valence-electron chi connectivity index (χ3n) is 4.93. The van der Waals surface area contributed by atoms with Crippen molar-refractivity contribution < 1.29 is 29.1 Å². The van der Waals surface area contributed by atoms with E-state index in [0.29, 0.717) is 12.0 Å². The summed E-state index contributed by atoms with van der Waals surface area (Å²) in [5, 5.41) is 16.7. The number of hydrogen-bond donors (Lipinski definition) is 6. The molecule has 11 nitrogen and oxygen atoms in total. The van der Waals surface area contributed by atoms with Crippen LogP contribution >= 0.6 is 0 Å². The van der Waals surface area contributed by atoms with Crippen molar-refractivity contribution >= 4 is 29.6 Å². The average molecular weight is 450 g/mol. The molecule has 0 saturated heterocycles. The molecular formula is C21H31N5O6. The number of rotatable bonds is 13. The van der Waals surface area contributed by atoms with E-state index in [1.165, 1.54) is 0 Å². The summed E-state index contributed by atoms with van der Waals surface area (Å²) in [4.78, 5) is 60.3. The smallest absolute Gasteiger partial charge is 0.326 e. The van der Waals surface area contributed by atoms with Gasteiger partial charge in [0.15, 0.2) is 0 Å². The van der Waals surface area contributed by atoms with E-state index in [9.17, 15) is 29.1 Å². The number of nitrogens with two attached hydrogens (primary N) is 2. The minimum atomic E-state index is -1.33. The predicted molar refractivity (Wildman–Crippen MR) is 116 cm³/mol. The summed E-state index contributed by atoms with van der Waals surface area (Å²) in [6.07, 6.45) is 0.0695. The molecule has 0 radical (unpaired) electrons. The Balaban J connectivity index is 3.12. The van der Waals surface area contributed by atoms with Crippen molar-refractivity contribution in [2.75, 3.05) is 6.54 Å². The number of carboxylic acid groups (broad SMARTS) is 1. The fourth-order valence-corrected chi connectivity index (χ4v) is 2.93. The second-order valence-corrected chi connectivity index (χ2v) is 7.46. The Hall–Kier alpha value is -3.47. The van der Waals surface area contributed by atoms with Crippen molar-refractivity contribution in [2.45, 2.75) is 51.2 Å². The van der Waals surface area contributed by atoms with Gasteiger partial charge in [-0.25, -0.2) is 4.79 Å².